The van der Waals surface area contributed by atoms with Gasteiger partial charge < -0.3 is 14.8 Å². The lowest BCUT2D eigenvalue weighted by molar-refractivity contribution is 0.248. The molecule has 0 amide bonds. The number of hydrogen-bond acceptors (Lipinski definition) is 6. The van der Waals surface area contributed by atoms with Gasteiger partial charge >= 0.3 is 0 Å². The fourth-order valence-electron chi connectivity index (χ4n) is 3.73. The van der Waals surface area contributed by atoms with Crippen LogP contribution in [-0.2, 0) is 0 Å². The number of hydrogen-bond donors (Lipinski definition) is 1. The van der Waals surface area contributed by atoms with Crippen LogP contribution in [0.2, 0.25) is 0 Å². The Morgan fingerprint density at radius 3 is 2.88 bits per heavy atom. The summed E-state index contributed by atoms with van der Waals surface area (Å²) < 4.78 is 3.96. The molecule has 132 valence electrons. The maximum absolute atomic E-state index is 8.94. The van der Waals surface area contributed by atoms with Crippen molar-refractivity contribution in [3.05, 3.63) is 30.9 Å². The Morgan fingerprint density at radius 2 is 2.08 bits per heavy atom. The summed E-state index contributed by atoms with van der Waals surface area (Å²) in [6.45, 7) is 2.01. The van der Waals surface area contributed by atoms with E-state index in [0.717, 1.165) is 49.0 Å². The van der Waals surface area contributed by atoms with E-state index in [9.17, 15) is 0 Å². The molecule has 1 aliphatic heterocycles. The van der Waals surface area contributed by atoms with Crippen molar-refractivity contribution in [3.8, 4) is 6.07 Å². The Hall–Kier alpha value is -3.08. The Morgan fingerprint density at radius 1 is 1.23 bits per heavy atom. The second-order valence-corrected chi connectivity index (χ2v) is 7.07. The van der Waals surface area contributed by atoms with E-state index in [1.54, 1.807) is 0 Å². The molecule has 0 spiro atoms. The van der Waals surface area contributed by atoms with Crippen molar-refractivity contribution in [2.45, 2.75) is 31.7 Å². The molecule has 0 radical (unpaired) electrons. The van der Waals surface area contributed by atoms with E-state index < -0.39 is 0 Å². The Bertz CT molecular complexity index is 969. The summed E-state index contributed by atoms with van der Waals surface area (Å²) in [5, 5.41) is 16.9. The lowest BCUT2D eigenvalue weighted by Gasteiger charge is -2.31. The maximum Gasteiger partial charge on any atom is 0.245 e. The largest absolute Gasteiger partial charge is 0.340 e. The molecule has 0 atom stereocenters. The number of rotatable bonds is 4. The molecule has 8 heteroatoms. The first-order chi connectivity index (χ1) is 12.8. The van der Waals surface area contributed by atoms with Crippen LogP contribution in [0.15, 0.2) is 30.9 Å². The molecule has 0 bridgehead atoms. The highest BCUT2D eigenvalue weighted by Gasteiger charge is 2.30. The summed E-state index contributed by atoms with van der Waals surface area (Å²) in [5.41, 5.74) is 0.927. The molecule has 8 nitrogen and oxygen atoms in total. The first-order valence-corrected chi connectivity index (χ1v) is 9.10. The molecule has 0 aromatic carbocycles. The summed E-state index contributed by atoms with van der Waals surface area (Å²) in [7, 11) is 0. The molecule has 2 fully saturated rings. The highest BCUT2D eigenvalue weighted by atomic mass is 15.4. The van der Waals surface area contributed by atoms with Gasteiger partial charge in [-0.25, -0.2) is 9.50 Å². The van der Waals surface area contributed by atoms with Gasteiger partial charge in [0.2, 0.25) is 5.95 Å². The van der Waals surface area contributed by atoms with Gasteiger partial charge in [0.25, 0.3) is 0 Å². The van der Waals surface area contributed by atoms with Gasteiger partial charge in [-0.05, 0) is 37.8 Å². The standard InChI is InChI=1S/C18H20N8/c19-10-13-8-14(9-13)25-11-16(20-12-25)21-17-15-4-3-7-26(15)23-18(22-17)24-5-1-2-6-24/h3-4,7,11-14H,1-2,5-6,8-9H2,(H,21,22,23). The molecule has 2 aliphatic rings. The van der Waals surface area contributed by atoms with Crippen LogP contribution >= 0.6 is 0 Å². The molecule has 1 aliphatic carbocycles. The predicted molar refractivity (Wildman–Crippen MR) is 97.3 cm³/mol. The molecule has 1 N–H and O–H groups in total. The first kappa shape index (κ1) is 15.2. The Kier molecular flexibility index (Phi) is 3.52. The van der Waals surface area contributed by atoms with Crippen LogP contribution < -0.4 is 10.2 Å². The topological polar surface area (TPSA) is 87.1 Å². The number of nitrogens with one attached hydrogen (secondary N) is 1. The quantitative estimate of drug-likeness (QED) is 0.780. The minimum atomic E-state index is 0.184. The summed E-state index contributed by atoms with van der Waals surface area (Å²) in [6.07, 6.45) is 9.95. The third-order valence-electron chi connectivity index (χ3n) is 5.33. The van der Waals surface area contributed by atoms with Crippen LogP contribution in [0.25, 0.3) is 5.52 Å². The van der Waals surface area contributed by atoms with Crippen LogP contribution in [-0.4, -0.2) is 37.2 Å². The zero-order chi connectivity index (χ0) is 17.5. The third kappa shape index (κ3) is 2.56. The molecule has 1 saturated heterocycles. The smallest absolute Gasteiger partial charge is 0.245 e. The SMILES string of the molecule is N#CC1CC(n2cnc(Nc3nc(N4CCCC4)nn4cccc34)c2)C1. The van der Waals surface area contributed by atoms with Crippen molar-refractivity contribution < 1.29 is 0 Å². The minimum Gasteiger partial charge on any atom is -0.340 e. The van der Waals surface area contributed by atoms with Gasteiger partial charge in [-0.15, -0.1) is 5.10 Å². The van der Waals surface area contributed by atoms with Crippen molar-refractivity contribution in [1.29, 1.82) is 5.26 Å². The Labute approximate surface area is 151 Å². The molecule has 5 rings (SSSR count). The fraction of sp³-hybridized carbons (Fsp3) is 0.444. The number of imidazole rings is 1. The van der Waals surface area contributed by atoms with Crippen molar-refractivity contribution >= 4 is 23.1 Å². The predicted octanol–water partition coefficient (Wildman–Crippen LogP) is 2.74. The number of nitriles is 1. The van der Waals surface area contributed by atoms with Crippen LogP contribution in [0.1, 0.15) is 31.7 Å². The van der Waals surface area contributed by atoms with Gasteiger partial charge in [-0.2, -0.15) is 10.2 Å². The second kappa shape index (κ2) is 6.02. The molecule has 26 heavy (non-hydrogen) atoms. The highest BCUT2D eigenvalue weighted by Crippen LogP contribution is 2.37. The average Bonchev–Trinajstić information content (AvgIpc) is 3.35. The van der Waals surface area contributed by atoms with Crippen molar-refractivity contribution in [2.75, 3.05) is 23.3 Å². The van der Waals surface area contributed by atoms with E-state index >= 15 is 0 Å². The van der Waals surface area contributed by atoms with Crippen LogP contribution in [0.3, 0.4) is 0 Å². The maximum atomic E-state index is 8.94. The van der Waals surface area contributed by atoms with Crippen LogP contribution in [0, 0.1) is 17.2 Å². The van der Waals surface area contributed by atoms with Gasteiger partial charge in [0.1, 0.15) is 11.3 Å². The zero-order valence-corrected chi connectivity index (χ0v) is 14.4. The van der Waals surface area contributed by atoms with Crippen molar-refractivity contribution in [1.82, 2.24) is 24.1 Å². The highest BCUT2D eigenvalue weighted by molar-refractivity contribution is 5.72. The van der Waals surface area contributed by atoms with Gasteiger partial charge in [-0.3, -0.25) is 0 Å². The average molecular weight is 348 g/mol. The van der Waals surface area contributed by atoms with E-state index in [4.69, 9.17) is 10.2 Å². The monoisotopic (exact) mass is 348 g/mol. The van der Waals surface area contributed by atoms with E-state index in [-0.39, 0.29) is 5.92 Å². The van der Waals surface area contributed by atoms with E-state index in [1.165, 1.54) is 12.8 Å². The van der Waals surface area contributed by atoms with Gasteiger partial charge in [0.05, 0.1) is 18.3 Å². The third-order valence-corrected chi connectivity index (χ3v) is 5.33. The zero-order valence-electron chi connectivity index (χ0n) is 14.4. The summed E-state index contributed by atoms with van der Waals surface area (Å²) >= 11 is 0. The summed E-state index contributed by atoms with van der Waals surface area (Å²) in [4.78, 5) is 11.4. The number of aromatic nitrogens is 5. The lowest BCUT2D eigenvalue weighted by atomic mass is 9.81. The molecule has 1 saturated carbocycles. The van der Waals surface area contributed by atoms with Gasteiger partial charge in [0.15, 0.2) is 5.82 Å². The molecule has 3 aromatic rings. The molecular formula is C18H20N8. The minimum absolute atomic E-state index is 0.184. The molecule has 3 aromatic heterocycles. The lowest BCUT2D eigenvalue weighted by Crippen LogP contribution is -2.24. The van der Waals surface area contributed by atoms with E-state index in [2.05, 4.69) is 30.9 Å². The van der Waals surface area contributed by atoms with Crippen molar-refractivity contribution in [3.63, 3.8) is 0 Å². The summed E-state index contributed by atoms with van der Waals surface area (Å²) in [6, 6.07) is 6.67. The second-order valence-electron chi connectivity index (χ2n) is 7.07. The van der Waals surface area contributed by atoms with Gasteiger partial charge in [0, 0.05) is 31.5 Å². The molecular weight excluding hydrogens is 328 g/mol. The fourth-order valence-corrected chi connectivity index (χ4v) is 3.73. The Balaban J connectivity index is 1.41. The van der Waals surface area contributed by atoms with E-state index in [0.29, 0.717) is 6.04 Å². The van der Waals surface area contributed by atoms with Crippen molar-refractivity contribution in [2.24, 2.45) is 5.92 Å². The number of fused-ring (bicyclic) bond motifs is 1. The van der Waals surface area contributed by atoms with Gasteiger partial charge in [-0.1, -0.05) is 0 Å². The molecule has 4 heterocycles. The normalized spacial score (nSPS) is 22.3. The summed E-state index contributed by atoms with van der Waals surface area (Å²) in [5.74, 6) is 2.47. The number of anilines is 3. The van der Waals surface area contributed by atoms with E-state index in [1.807, 2.05) is 35.4 Å². The first-order valence-electron chi connectivity index (χ1n) is 9.10. The van der Waals surface area contributed by atoms with Crippen LogP contribution in [0.4, 0.5) is 17.6 Å². The van der Waals surface area contributed by atoms with Crippen LogP contribution in [0.5, 0.6) is 0 Å². The molecule has 0 unspecified atom stereocenters. The number of nitrogens with zero attached hydrogens (tertiary/aromatic N) is 7.